The molecular weight excluding hydrogens is 224 g/mol. The third kappa shape index (κ3) is 2.71. The van der Waals surface area contributed by atoms with Crippen molar-refractivity contribution in [2.75, 3.05) is 19.6 Å². The smallest absolute Gasteiger partial charge is 0.230 e. The molecule has 1 saturated carbocycles. The van der Waals surface area contributed by atoms with Crippen molar-refractivity contribution in [1.82, 2.24) is 4.90 Å². The quantitative estimate of drug-likeness (QED) is 0.820. The van der Waals surface area contributed by atoms with Gasteiger partial charge in [-0.3, -0.25) is 4.79 Å². The average Bonchev–Trinajstić information content (AvgIpc) is 2.40. The molecule has 0 spiro atoms. The van der Waals surface area contributed by atoms with Crippen LogP contribution < -0.4 is 5.73 Å². The Morgan fingerprint density at radius 2 is 1.61 bits per heavy atom. The summed E-state index contributed by atoms with van der Waals surface area (Å²) in [6.45, 7) is 6.98. The van der Waals surface area contributed by atoms with Gasteiger partial charge in [0.1, 0.15) is 0 Å². The Morgan fingerprint density at radius 1 is 1.11 bits per heavy atom. The molecule has 3 heteroatoms. The van der Waals surface area contributed by atoms with Crippen LogP contribution in [0.1, 0.15) is 52.4 Å². The minimum Gasteiger partial charge on any atom is -0.342 e. The van der Waals surface area contributed by atoms with E-state index < -0.39 is 0 Å². The zero-order valence-corrected chi connectivity index (χ0v) is 12.0. The van der Waals surface area contributed by atoms with E-state index >= 15 is 0 Å². The molecule has 0 aromatic rings. The summed E-state index contributed by atoms with van der Waals surface area (Å²) in [4.78, 5) is 14.9. The highest BCUT2D eigenvalue weighted by Crippen LogP contribution is 2.40. The fraction of sp³-hybridized carbons (Fsp3) is 0.933. The topological polar surface area (TPSA) is 46.3 Å². The highest BCUT2D eigenvalue weighted by atomic mass is 16.2. The fourth-order valence-corrected chi connectivity index (χ4v) is 3.37. The first-order valence-corrected chi connectivity index (χ1v) is 7.57. The molecule has 0 unspecified atom stereocenters. The second kappa shape index (κ2) is 5.60. The molecule has 0 bridgehead atoms. The summed E-state index contributed by atoms with van der Waals surface area (Å²) in [6, 6.07) is 0. The van der Waals surface area contributed by atoms with Crippen LogP contribution in [0.5, 0.6) is 0 Å². The van der Waals surface area contributed by atoms with Crippen LogP contribution in [0.2, 0.25) is 0 Å². The third-order valence-electron chi connectivity index (χ3n) is 5.15. The molecule has 18 heavy (non-hydrogen) atoms. The number of piperidine rings is 1. The molecule has 1 saturated heterocycles. The lowest BCUT2D eigenvalue weighted by Gasteiger charge is -2.42. The summed E-state index contributed by atoms with van der Waals surface area (Å²) in [7, 11) is 0. The van der Waals surface area contributed by atoms with Gasteiger partial charge in [-0.2, -0.15) is 0 Å². The Morgan fingerprint density at radius 3 is 2.11 bits per heavy atom. The number of carbonyl (C=O) groups excluding carboxylic acids is 1. The Bertz CT molecular complexity index is 287. The zero-order valence-electron chi connectivity index (χ0n) is 12.0. The molecule has 104 valence electrons. The molecule has 1 amide bonds. The maximum atomic E-state index is 12.8. The molecular formula is C15H28N2O. The maximum absolute atomic E-state index is 12.8. The van der Waals surface area contributed by atoms with Gasteiger partial charge in [0, 0.05) is 19.6 Å². The second-order valence-corrected chi connectivity index (χ2v) is 6.64. The van der Waals surface area contributed by atoms with Crippen LogP contribution in [-0.2, 0) is 4.79 Å². The predicted octanol–water partition coefficient (Wildman–Crippen LogP) is 2.40. The highest BCUT2D eigenvalue weighted by molar-refractivity contribution is 5.83. The Balaban J connectivity index is 2.01. The van der Waals surface area contributed by atoms with E-state index in [0.717, 1.165) is 63.5 Å². The van der Waals surface area contributed by atoms with Crippen molar-refractivity contribution in [3.63, 3.8) is 0 Å². The standard InChI is InChI=1S/C15H28N2O/c1-12-3-7-15(11-16,8-4-12)14(18)17-9-5-13(2)6-10-17/h12-13H,3-11,16H2,1-2H3. The third-order valence-corrected chi connectivity index (χ3v) is 5.15. The lowest BCUT2D eigenvalue weighted by Crippen LogP contribution is -2.51. The van der Waals surface area contributed by atoms with E-state index in [1.807, 2.05) is 0 Å². The minimum absolute atomic E-state index is 0.229. The number of carbonyl (C=O) groups is 1. The number of rotatable bonds is 2. The maximum Gasteiger partial charge on any atom is 0.230 e. The van der Waals surface area contributed by atoms with Gasteiger partial charge < -0.3 is 10.6 Å². The summed E-state index contributed by atoms with van der Waals surface area (Å²) in [5.74, 6) is 1.89. The van der Waals surface area contributed by atoms with Gasteiger partial charge in [-0.05, 0) is 50.4 Å². The van der Waals surface area contributed by atoms with Gasteiger partial charge in [-0.15, -0.1) is 0 Å². The molecule has 2 N–H and O–H groups in total. The van der Waals surface area contributed by atoms with Crippen molar-refractivity contribution < 1.29 is 4.79 Å². The number of amides is 1. The SMILES string of the molecule is CC1CCN(C(=O)C2(CN)CCC(C)CC2)CC1. The van der Waals surface area contributed by atoms with Crippen LogP contribution in [0.4, 0.5) is 0 Å². The average molecular weight is 252 g/mol. The van der Waals surface area contributed by atoms with Crippen molar-refractivity contribution in [3.05, 3.63) is 0 Å². The lowest BCUT2D eigenvalue weighted by molar-refractivity contribution is -0.145. The summed E-state index contributed by atoms with van der Waals surface area (Å²) >= 11 is 0. The number of likely N-dealkylation sites (tertiary alicyclic amines) is 1. The first-order valence-electron chi connectivity index (χ1n) is 7.57. The van der Waals surface area contributed by atoms with Crippen LogP contribution in [0.15, 0.2) is 0 Å². The summed E-state index contributed by atoms with van der Waals surface area (Å²) in [5, 5.41) is 0. The first kappa shape index (κ1) is 13.9. The summed E-state index contributed by atoms with van der Waals surface area (Å²) < 4.78 is 0. The molecule has 1 aliphatic carbocycles. The van der Waals surface area contributed by atoms with Gasteiger partial charge in [-0.25, -0.2) is 0 Å². The second-order valence-electron chi connectivity index (χ2n) is 6.64. The van der Waals surface area contributed by atoms with E-state index in [0.29, 0.717) is 12.5 Å². The molecule has 0 aromatic carbocycles. The largest absolute Gasteiger partial charge is 0.342 e. The van der Waals surface area contributed by atoms with E-state index in [1.165, 1.54) is 0 Å². The predicted molar refractivity (Wildman–Crippen MR) is 74.1 cm³/mol. The van der Waals surface area contributed by atoms with E-state index in [9.17, 15) is 4.79 Å². The number of hydrogen-bond acceptors (Lipinski definition) is 2. The number of nitrogens with two attached hydrogens (primary N) is 1. The van der Waals surface area contributed by atoms with Gasteiger partial charge in [-0.1, -0.05) is 13.8 Å². The molecule has 1 aliphatic heterocycles. The Labute approximate surface area is 111 Å². The summed E-state index contributed by atoms with van der Waals surface area (Å²) in [5.41, 5.74) is 5.74. The Hall–Kier alpha value is -0.570. The molecule has 3 nitrogen and oxygen atoms in total. The van der Waals surface area contributed by atoms with Crippen molar-refractivity contribution in [3.8, 4) is 0 Å². The lowest BCUT2D eigenvalue weighted by atomic mass is 9.69. The van der Waals surface area contributed by atoms with E-state index in [1.54, 1.807) is 0 Å². The van der Waals surface area contributed by atoms with Crippen LogP contribution in [0, 0.1) is 17.3 Å². The molecule has 0 aromatic heterocycles. The van der Waals surface area contributed by atoms with Crippen molar-refractivity contribution in [2.45, 2.75) is 52.4 Å². The molecule has 1 heterocycles. The zero-order chi connectivity index (χ0) is 13.2. The van der Waals surface area contributed by atoms with Crippen LogP contribution >= 0.6 is 0 Å². The van der Waals surface area contributed by atoms with Gasteiger partial charge in [0.15, 0.2) is 0 Å². The van der Waals surface area contributed by atoms with Gasteiger partial charge in [0.25, 0.3) is 0 Å². The van der Waals surface area contributed by atoms with Gasteiger partial charge in [0.05, 0.1) is 5.41 Å². The summed E-state index contributed by atoms with van der Waals surface area (Å²) in [6.07, 6.45) is 6.62. The molecule has 2 rings (SSSR count). The van der Waals surface area contributed by atoms with Crippen molar-refractivity contribution in [1.29, 1.82) is 0 Å². The van der Waals surface area contributed by atoms with Crippen LogP contribution in [-0.4, -0.2) is 30.4 Å². The highest BCUT2D eigenvalue weighted by Gasteiger charge is 2.42. The Kier molecular flexibility index (Phi) is 4.31. The normalized spacial score (nSPS) is 34.6. The number of hydrogen-bond donors (Lipinski definition) is 1. The van der Waals surface area contributed by atoms with Crippen molar-refractivity contribution in [2.24, 2.45) is 23.0 Å². The van der Waals surface area contributed by atoms with E-state index in [2.05, 4.69) is 18.7 Å². The number of nitrogens with zero attached hydrogens (tertiary/aromatic N) is 1. The first-order chi connectivity index (χ1) is 8.57. The van der Waals surface area contributed by atoms with Crippen LogP contribution in [0.3, 0.4) is 0 Å². The van der Waals surface area contributed by atoms with E-state index in [-0.39, 0.29) is 5.41 Å². The fourth-order valence-electron chi connectivity index (χ4n) is 3.37. The van der Waals surface area contributed by atoms with Crippen LogP contribution in [0.25, 0.3) is 0 Å². The van der Waals surface area contributed by atoms with Crippen molar-refractivity contribution >= 4 is 5.91 Å². The minimum atomic E-state index is -0.229. The molecule has 0 atom stereocenters. The molecule has 0 radical (unpaired) electrons. The van der Waals surface area contributed by atoms with Gasteiger partial charge in [0.2, 0.25) is 5.91 Å². The molecule has 2 aliphatic rings. The van der Waals surface area contributed by atoms with E-state index in [4.69, 9.17) is 5.73 Å². The molecule has 2 fully saturated rings. The monoisotopic (exact) mass is 252 g/mol. The van der Waals surface area contributed by atoms with Gasteiger partial charge >= 0.3 is 0 Å².